The Morgan fingerprint density at radius 3 is 1.55 bits per heavy atom. The molecule has 80 heavy (non-hydrogen) atoms. The van der Waals surface area contributed by atoms with Gasteiger partial charge >= 0.3 is 5.97 Å². The Morgan fingerprint density at radius 2 is 1.07 bits per heavy atom. The van der Waals surface area contributed by atoms with Gasteiger partial charge in [0.25, 0.3) is 0 Å². The summed E-state index contributed by atoms with van der Waals surface area (Å²) in [5.41, 5.74) is 1.22. The second kappa shape index (κ2) is 47.1. The summed E-state index contributed by atoms with van der Waals surface area (Å²) in [6.07, 6.45) is 0.684. The normalized spacial score (nSPS) is 14.5. The number of methoxy groups -OCH3 is 1. The molecule has 3 atom stereocenters. The largest absolute Gasteiger partial charge is 0.461 e. The molecule has 1 fully saturated rings. The number of amides is 5. The van der Waals surface area contributed by atoms with Gasteiger partial charge in [-0.1, -0.05) is 46.8 Å². The van der Waals surface area contributed by atoms with Crippen LogP contribution in [0.15, 0.2) is 24.3 Å². The molecule has 1 aromatic rings. The highest BCUT2D eigenvalue weighted by Crippen LogP contribution is 2.14. The fourth-order valence-corrected chi connectivity index (χ4v) is 6.95. The van der Waals surface area contributed by atoms with Crippen LogP contribution in [0.25, 0.3) is 0 Å². The van der Waals surface area contributed by atoms with E-state index < -0.39 is 29.8 Å². The molecule has 1 heterocycles. The van der Waals surface area contributed by atoms with E-state index in [9.17, 15) is 28.8 Å². The Balaban J connectivity index is 1.74. The third kappa shape index (κ3) is 36.1. The minimum Gasteiger partial charge on any atom is -0.461 e. The standard InChI is InChI=1S/C55H95N5O20/c1-43(2)51(53(64)56-46(6)52(63)57-48-10-8-47(9-11-48)41-80-55(66)44(3)4)58-49(61)40-59(14-18-69-23-26-73-32-33-76-36-37-78-39-38-77-35-34-75-29-28-71-21-20-67-7)50(62)13-17-68-22-25-72-30-31-74-27-24-70-19-15-60-42-79-16-12-45(5)54(60)65/h8-11,43-46,51H,12-42H2,1-7H3,(H,56,64)(H,57,63)(H,58,61)/t45?,46-,51-/m0/s1. The van der Waals surface area contributed by atoms with E-state index in [4.69, 9.17) is 66.3 Å². The Labute approximate surface area is 473 Å². The number of rotatable bonds is 50. The lowest BCUT2D eigenvalue weighted by Crippen LogP contribution is -2.55. The SMILES string of the molecule is COCCOCCOCCOCCOCCOCCOCCOCCN(CC(=O)N[C@H](C(=O)N[C@@H](C)C(=O)Nc1ccc(COC(=O)C(C)C)cc1)C(C)C)C(=O)CCOCCOCCOCCOCCN1COCCC(C)C1=O. The first-order valence-electron chi connectivity index (χ1n) is 27.9. The molecular weight excluding hydrogens is 1050 g/mol. The average Bonchev–Trinajstić information content (AvgIpc) is 3.60. The number of hydrogen-bond acceptors (Lipinski definition) is 20. The zero-order valence-corrected chi connectivity index (χ0v) is 48.7. The van der Waals surface area contributed by atoms with Gasteiger partial charge in [0.2, 0.25) is 29.5 Å². The van der Waals surface area contributed by atoms with Crippen LogP contribution in [0.1, 0.15) is 59.9 Å². The van der Waals surface area contributed by atoms with Crippen molar-refractivity contribution in [3.05, 3.63) is 29.8 Å². The van der Waals surface area contributed by atoms with Crippen LogP contribution in [-0.2, 0) is 102 Å². The predicted molar refractivity (Wildman–Crippen MR) is 292 cm³/mol. The van der Waals surface area contributed by atoms with Gasteiger partial charge < -0.3 is 92.1 Å². The lowest BCUT2D eigenvalue weighted by Gasteiger charge is -2.26. The number of ether oxygens (including phenoxy) is 14. The van der Waals surface area contributed by atoms with Crippen LogP contribution in [0.4, 0.5) is 5.69 Å². The summed E-state index contributed by atoms with van der Waals surface area (Å²) in [6.45, 7) is 20.0. The summed E-state index contributed by atoms with van der Waals surface area (Å²) in [5, 5.41) is 8.17. The fourth-order valence-electron chi connectivity index (χ4n) is 6.95. The molecule has 0 aliphatic carbocycles. The van der Waals surface area contributed by atoms with Crippen molar-refractivity contribution in [2.45, 2.75) is 73.1 Å². The van der Waals surface area contributed by atoms with Crippen LogP contribution in [-0.4, -0.2) is 249 Å². The Hall–Kier alpha value is -4.48. The van der Waals surface area contributed by atoms with Crippen molar-refractivity contribution in [1.82, 2.24) is 20.4 Å². The van der Waals surface area contributed by atoms with E-state index >= 15 is 0 Å². The van der Waals surface area contributed by atoms with Crippen molar-refractivity contribution in [3.63, 3.8) is 0 Å². The smallest absolute Gasteiger partial charge is 0.308 e. The van der Waals surface area contributed by atoms with Gasteiger partial charge in [-0.3, -0.25) is 28.8 Å². The van der Waals surface area contributed by atoms with Gasteiger partial charge in [-0.15, -0.1) is 0 Å². The Kier molecular flexibility index (Phi) is 42.1. The molecule has 5 amide bonds. The number of nitrogens with zero attached hydrogens (tertiary/aromatic N) is 2. The highest BCUT2D eigenvalue weighted by molar-refractivity contribution is 5.98. The van der Waals surface area contributed by atoms with Gasteiger partial charge in [-0.05, 0) is 37.0 Å². The Bertz CT molecular complexity index is 1800. The molecule has 1 aliphatic rings. The highest BCUT2D eigenvalue weighted by atomic mass is 16.6. The van der Waals surface area contributed by atoms with Crippen molar-refractivity contribution in [1.29, 1.82) is 0 Å². The summed E-state index contributed by atoms with van der Waals surface area (Å²) in [6, 6.07) is 4.77. The van der Waals surface area contributed by atoms with E-state index in [2.05, 4.69) is 16.0 Å². The summed E-state index contributed by atoms with van der Waals surface area (Å²) >= 11 is 0. The van der Waals surface area contributed by atoms with E-state index in [-0.39, 0.29) is 108 Å². The number of anilines is 1. The minimum absolute atomic E-state index is 0.0339. The molecular formula is C55H95N5O20. The van der Waals surface area contributed by atoms with Gasteiger partial charge in [0.15, 0.2) is 0 Å². The predicted octanol–water partition coefficient (Wildman–Crippen LogP) is 1.86. The third-order valence-electron chi connectivity index (χ3n) is 11.7. The van der Waals surface area contributed by atoms with Crippen molar-refractivity contribution in [2.75, 3.05) is 197 Å². The molecule has 1 unspecified atom stereocenters. The van der Waals surface area contributed by atoms with Gasteiger partial charge in [0, 0.05) is 38.4 Å². The summed E-state index contributed by atoms with van der Waals surface area (Å²) in [5.74, 6) is -2.95. The molecule has 0 aromatic heterocycles. The van der Waals surface area contributed by atoms with E-state index in [1.54, 1.807) is 64.0 Å². The Morgan fingerprint density at radius 1 is 0.613 bits per heavy atom. The van der Waals surface area contributed by atoms with E-state index in [0.29, 0.717) is 131 Å². The number of hydrogen-bond donors (Lipinski definition) is 3. The lowest BCUT2D eigenvalue weighted by molar-refractivity contribution is -0.148. The fraction of sp³-hybridized carbons (Fsp3) is 0.782. The molecule has 1 saturated heterocycles. The molecule has 0 spiro atoms. The van der Waals surface area contributed by atoms with Gasteiger partial charge in [0.1, 0.15) is 25.4 Å². The van der Waals surface area contributed by atoms with Gasteiger partial charge in [0.05, 0.1) is 171 Å². The van der Waals surface area contributed by atoms with Crippen molar-refractivity contribution in [2.24, 2.45) is 17.8 Å². The maximum Gasteiger partial charge on any atom is 0.308 e. The van der Waals surface area contributed by atoms with Crippen LogP contribution < -0.4 is 16.0 Å². The molecule has 0 radical (unpaired) electrons. The van der Waals surface area contributed by atoms with Gasteiger partial charge in [-0.25, -0.2) is 0 Å². The second-order valence-corrected chi connectivity index (χ2v) is 19.1. The molecule has 3 N–H and O–H groups in total. The second-order valence-electron chi connectivity index (χ2n) is 19.1. The topological polar surface area (TPSA) is 274 Å². The lowest BCUT2D eigenvalue weighted by atomic mass is 10.0. The maximum absolute atomic E-state index is 13.5. The number of carbonyl (C=O) groups excluding carboxylic acids is 6. The zero-order valence-electron chi connectivity index (χ0n) is 48.7. The van der Waals surface area contributed by atoms with Gasteiger partial charge in [-0.2, -0.15) is 0 Å². The highest BCUT2D eigenvalue weighted by Gasteiger charge is 2.29. The third-order valence-corrected chi connectivity index (χ3v) is 11.7. The summed E-state index contributed by atoms with van der Waals surface area (Å²) < 4.78 is 76.7. The first-order valence-corrected chi connectivity index (χ1v) is 27.9. The zero-order chi connectivity index (χ0) is 58.4. The van der Waals surface area contributed by atoms with Crippen LogP contribution in [0.5, 0.6) is 0 Å². The summed E-state index contributed by atoms with van der Waals surface area (Å²) in [4.78, 5) is 80.8. The molecule has 1 aliphatic heterocycles. The summed E-state index contributed by atoms with van der Waals surface area (Å²) in [7, 11) is 1.63. The first kappa shape index (κ1) is 71.6. The van der Waals surface area contributed by atoms with E-state index in [1.165, 1.54) is 11.8 Å². The first-order chi connectivity index (χ1) is 38.7. The number of carbonyl (C=O) groups is 6. The quantitative estimate of drug-likeness (QED) is 0.0620. The van der Waals surface area contributed by atoms with Crippen LogP contribution in [0.3, 0.4) is 0 Å². The van der Waals surface area contributed by atoms with Crippen LogP contribution in [0, 0.1) is 17.8 Å². The molecule has 1 aromatic carbocycles. The van der Waals surface area contributed by atoms with Crippen molar-refractivity contribution >= 4 is 41.2 Å². The van der Waals surface area contributed by atoms with Crippen LogP contribution in [0.2, 0.25) is 0 Å². The monoisotopic (exact) mass is 1150 g/mol. The minimum atomic E-state index is -1.03. The van der Waals surface area contributed by atoms with Crippen LogP contribution >= 0.6 is 0 Å². The molecule has 2 rings (SSSR count). The maximum atomic E-state index is 13.5. The number of benzene rings is 1. The number of nitrogens with one attached hydrogen (secondary N) is 3. The molecule has 25 nitrogen and oxygen atoms in total. The van der Waals surface area contributed by atoms with E-state index in [1.807, 2.05) is 6.92 Å². The van der Waals surface area contributed by atoms with Crippen molar-refractivity contribution in [3.8, 4) is 0 Å². The average molecular weight is 1150 g/mol. The molecule has 0 bridgehead atoms. The molecule has 0 saturated carbocycles. The molecule has 460 valence electrons. The van der Waals surface area contributed by atoms with Crippen molar-refractivity contribution < 1.29 is 95.1 Å². The number of esters is 1. The molecule has 25 heteroatoms. The van der Waals surface area contributed by atoms with E-state index in [0.717, 1.165) is 12.0 Å².